The van der Waals surface area contributed by atoms with Gasteiger partial charge in [0.25, 0.3) is 0 Å². The average molecular weight is 428 g/mol. The fourth-order valence-electron chi connectivity index (χ4n) is 4.37. The molecule has 0 aromatic heterocycles. The van der Waals surface area contributed by atoms with Gasteiger partial charge in [-0.15, -0.1) is 0 Å². The maximum atomic E-state index is 13.8. The summed E-state index contributed by atoms with van der Waals surface area (Å²) in [6, 6.07) is 24.2. The number of methoxy groups -OCH3 is 1. The summed E-state index contributed by atoms with van der Waals surface area (Å²) in [7, 11) is 1.24. The molecule has 1 aliphatic carbocycles. The van der Waals surface area contributed by atoms with E-state index < -0.39 is 23.5 Å². The fourth-order valence-corrected chi connectivity index (χ4v) is 4.37. The maximum Gasteiger partial charge on any atom is 0.329 e. The zero-order chi connectivity index (χ0) is 22.7. The second kappa shape index (κ2) is 8.79. The summed E-state index contributed by atoms with van der Waals surface area (Å²) in [6.45, 7) is 1.43. The number of ketones is 1. The van der Waals surface area contributed by atoms with Crippen LogP contribution in [0, 0.1) is 0 Å². The minimum absolute atomic E-state index is 0.0339. The number of benzene rings is 3. The van der Waals surface area contributed by atoms with Crippen molar-refractivity contribution in [2.24, 2.45) is 0 Å². The molecule has 0 amide bonds. The molecule has 3 aromatic rings. The van der Waals surface area contributed by atoms with Crippen LogP contribution in [0.3, 0.4) is 0 Å². The van der Waals surface area contributed by atoms with Crippen LogP contribution >= 0.6 is 0 Å². The Bertz CT molecular complexity index is 1120. The first-order valence-electron chi connectivity index (χ1n) is 10.5. The second-order valence-electron chi connectivity index (χ2n) is 7.92. The van der Waals surface area contributed by atoms with Crippen molar-refractivity contribution in [3.05, 3.63) is 95.6 Å². The molecule has 0 radical (unpaired) electrons. The predicted octanol–water partition coefficient (Wildman–Crippen LogP) is 4.78. The number of fused-ring (bicyclic) bond motifs is 3. The Hall–Kier alpha value is -3.73. The van der Waals surface area contributed by atoms with Crippen LogP contribution in [0.1, 0.15) is 42.6 Å². The highest BCUT2D eigenvalue weighted by molar-refractivity contribution is 6.07. The lowest BCUT2D eigenvalue weighted by atomic mass is 9.76. The molecule has 0 fully saturated rings. The molecule has 1 unspecified atom stereocenters. The Morgan fingerprint density at radius 1 is 0.781 bits per heavy atom. The van der Waals surface area contributed by atoms with Crippen LogP contribution in [0.15, 0.2) is 78.9 Å². The summed E-state index contributed by atoms with van der Waals surface area (Å²) in [4.78, 5) is 38.8. The van der Waals surface area contributed by atoms with E-state index in [1.165, 1.54) is 14.0 Å². The summed E-state index contributed by atoms with van der Waals surface area (Å²) >= 11 is 0. The normalized spacial score (nSPS) is 14.1. The standard InChI is InChI=1S/C27H24O5/c1-18(28)16-17-27(25(29)31-2,19-10-4-3-5-11-19)26(30)32-24-22-14-8-6-12-20(22)21-13-7-9-15-23(21)24/h3-15,24H,16-17H2,1-2H3. The molecule has 1 aliphatic rings. The molecule has 0 aliphatic heterocycles. The molecule has 0 bridgehead atoms. The first kappa shape index (κ1) is 21.5. The van der Waals surface area contributed by atoms with E-state index in [-0.39, 0.29) is 18.6 Å². The van der Waals surface area contributed by atoms with Gasteiger partial charge >= 0.3 is 11.9 Å². The summed E-state index contributed by atoms with van der Waals surface area (Å²) in [5, 5.41) is 0. The minimum atomic E-state index is -1.74. The van der Waals surface area contributed by atoms with Crippen molar-refractivity contribution in [1.29, 1.82) is 0 Å². The topological polar surface area (TPSA) is 69.7 Å². The van der Waals surface area contributed by atoms with Gasteiger partial charge in [-0.1, -0.05) is 78.9 Å². The van der Waals surface area contributed by atoms with Crippen molar-refractivity contribution in [3.63, 3.8) is 0 Å². The number of carbonyl (C=O) groups excluding carboxylic acids is 3. The van der Waals surface area contributed by atoms with Gasteiger partial charge in [-0.2, -0.15) is 0 Å². The lowest BCUT2D eigenvalue weighted by Crippen LogP contribution is -2.46. The SMILES string of the molecule is COC(=O)C(CCC(C)=O)(C(=O)OC1c2ccccc2-c2ccccc21)c1ccccc1. The lowest BCUT2D eigenvalue weighted by Gasteiger charge is -2.30. The van der Waals surface area contributed by atoms with E-state index in [1.54, 1.807) is 30.3 Å². The van der Waals surface area contributed by atoms with Crippen molar-refractivity contribution >= 4 is 17.7 Å². The van der Waals surface area contributed by atoms with Crippen molar-refractivity contribution in [2.75, 3.05) is 7.11 Å². The van der Waals surface area contributed by atoms with Crippen LogP contribution in [-0.2, 0) is 29.3 Å². The van der Waals surface area contributed by atoms with Crippen LogP contribution in [0.2, 0.25) is 0 Å². The van der Waals surface area contributed by atoms with Crippen molar-refractivity contribution in [3.8, 4) is 11.1 Å². The first-order valence-corrected chi connectivity index (χ1v) is 10.5. The average Bonchev–Trinajstić information content (AvgIpc) is 3.13. The van der Waals surface area contributed by atoms with E-state index in [0.29, 0.717) is 5.56 Å². The molecule has 3 aromatic carbocycles. The second-order valence-corrected chi connectivity index (χ2v) is 7.92. The molecular weight excluding hydrogens is 404 g/mol. The number of ether oxygens (including phenoxy) is 2. The van der Waals surface area contributed by atoms with Crippen LogP contribution in [0.4, 0.5) is 0 Å². The molecular formula is C27H24O5. The number of esters is 2. The van der Waals surface area contributed by atoms with E-state index in [0.717, 1.165) is 22.3 Å². The number of carbonyl (C=O) groups is 3. The molecule has 5 nitrogen and oxygen atoms in total. The van der Waals surface area contributed by atoms with Crippen LogP contribution in [-0.4, -0.2) is 24.8 Å². The third-order valence-electron chi connectivity index (χ3n) is 6.00. The van der Waals surface area contributed by atoms with Gasteiger partial charge in [0, 0.05) is 17.5 Å². The smallest absolute Gasteiger partial charge is 0.329 e. The lowest BCUT2D eigenvalue weighted by molar-refractivity contribution is -0.166. The van der Waals surface area contributed by atoms with E-state index in [4.69, 9.17) is 9.47 Å². The van der Waals surface area contributed by atoms with Crippen molar-refractivity contribution in [1.82, 2.24) is 0 Å². The third-order valence-corrected chi connectivity index (χ3v) is 6.00. The summed E-state index contributed by atoms with van der Waals surface area (Å²) < 4.78 is 11.2. The van der Waals surface area contributed by atoms with Gasteiger partial charge in [-0.25, -0.2) is 0 Å². The Kier molecular flexibility index (Phi) is 5.91. The first-order chi connectivity index (χ1) is 15.5. The number of hydrogen-bond acceptors (Lipinski definition) is 5. The summed E-state index contributed by atoms with van der Waals surface area (Å²) in [5.74, 6) is -1.60. The van der Waals surface area contributed by atoms with E-state index >= 15 is 0 Å². The number of rotatable bonds is 7. The zero-order valence-corrected chi connectivity index (χ0v) is 18.0. The summed E-state index contributed by atoms with van der Waals surface area (Å²) in [5.41, 5.74) is 2.41. The van der Waals surface area contributed by atoms with Gasteiger partial charge in [-0.3, -0.25) is 9.59 Å². The van der Waals surface area contributed by atoms with E-state index in [2.05, 4.69) is 0 Å². The van der Waals surface area contributed by atoms with Crippen LogP contribution in [0.5, 0.6) is 0 Å². The van der Waals surface area contributed by atoms with Gasteiger partial charge < -0.3 is 14.3 Å². The van der Waals surface area contributed by atoms with Crippen LogP contribution < -0.4 is 0 Å². The molecule has 1 atom stereocenters. The Morgan fingerprint density at radius 2 is 1.31 bits per heavy atom. The Labute approximate surface area is 187 Å². The molecule has 0 saturated heterocycles. The van der Waals surface area contributed by atoms with E-state index in [9.17, 15) is 14.4 Å². The minimum Gasteiger partial charge on any atom is -0.468 e. The summed E-state index contributed by atoms with van der Waals surface area (Å²) in [6.07, 6.45) is -0.648. The number of hydrogen-bond donors (Lipinski definition) is 0. The molecule has 0 spiro atoms. The monoisotopic (exact) mass is 428 g/mol. The van der Waals surface area contributed by atoms with Crippen molar-refractivity contribution in [2.45, 2.75) is 31.3 Å². The Morgan fingerprint density at radius 3 is 1.84 bits per heavy atom. The quantitative estimate of drug-likeness (QED) is 0.400. The molecule has 32 heavy (non-hydrogen) atoms. The van der Waals surface area contributed by atoms with Gasteiger partial charge in [-0.05, 0) is 30.0 Å². The maximum absolute atomic E-state index is 13.8. The highest BCUT2D eigenvalue weighted by atomic mass is 16.6. The molecule has 0 heterocycles. The largest absolute Gasteiger partial charge is 0.468 e. The third kappa shape index (κ3) is 3.60. The predicted molar refractivity (Wildman–Crippen MR) is 120 cm³/mol. The molecule has 0 saturated carbocycles. The molecule has 5 heteroatoms. The molecule has 0 N–H and O–H groups in total. The van der Waals surface area contributed by atoms with Gasteiger partial charge in [0.05, 0.1) is 7.11 Å². The number of Topliss-reactive ketones (excluding diaryl/α,β-unsaturated/α-hetero) is 1. The molecule has 4 rings (SSSR count). The van der Waals surface area contributed by atoms with Crippen molar-refractivity contribution < 1.29 is 23.9 Å². The molecule has 162 valence electrons. The van der Waals surface area contributed by atoms with Crippen LogP contribution in [0.25, 0.3) is 11.1 Å². The fraction of sp³-hybridized carbons (Fsp3) is 0.222. The zero-order valence-electron chi connectivity index (χ0n) is 18.0. The van der Waals surface area contributed by atoms with Gasteiger partial charge in [0.1, 0.15) is 5.78 Å². The Balaban J connectivity index is 1.80. The highest BCUT2D eigenvalue weighted by Crippen LogP contribution is 2.46. The van der Waals surface area contributed by atoms with Gasteiger partial charge in [0.15, 0.2) is 11.5 Å². The van der Waals surface area contributed by atoms with Gasteiger partial charge in [0.2, 0.25) is 0 Å². The van der Waals surface area contributed by atoms with E-state index in [1.807, 2.05) is 48.5 Å². The highest BCUT2D eigenvalue weighted by Gasteiger charge is 2.51.